The molecule has 1 atom stereocenters. The first kappa shape index (κ1) is 19.9. The molecule has 3 N–H and O–H groups in total. The van der Waals surface area contributed by atoms with Crippen LogP contribution in [0.1, 0.15) is 21.5 Å². The topological polar surface area (TPSA) is 95.4 Å². The number of carbonyl (C=O) groups excluding carboxylic acids is 1. The second-order valence-corrected chi connectivity index (χ2v) is 7.36. The van der Waals surface area contributed by atoms with Gasteiger partial charge in [-0.05, 0) is 58.0 Å². The normalized spacial score (nSPS) is 12.4. The number of Topliss-reactive ketones (excluding diaryl/α,β-unsaturated/α-hetero) is 1. The van der Waals surface area contributed by atoms with Crippen LogP contribution in [-0.4, -0.2) is 52.1 Å². The molecule has 0 saturated heterocycles. The van der Waals surface area contributed by atoms with E-state index in [-0.39, 0.29) is 31.2 Å². The van der Waals surface area contributed by atoms with Gasteiger partial charge in [0.05, 0.1) is 24.9 Å². The van der Waals surface area contributed by atoms with Crippen molar-refractivity contribution in [3.05, 3.63) is 62.6 Å². The van der Waals surface area contributed by atoms with Gasteiger partial charge in [0, 0.05) is 20.9 Å². The van der Waals surface area contributed by atoms with E-state index in [1.165, 1.54) is 6.07 Å². The van der Waals surface area contributed by atoms with Gasteiger partial charge in [0.2, 0.25) is 0 Å². The van der Waals surface area contributed by atoms with Crippen LogP contribution in [-0.2, 0) is 11.2 Å². The summed E-state index contributed by atoms with van der Waals surface area (Å²) in [5, 5.41) is 25.7. The molecule has 0 bridgehead atoms. The summed E-state index contributed by atoms with van der Waals surface area (Å²) in [4.78, 5) is 12.6. The first-order valence-electron chi connectivity index (χ1n) is 8.28. The Morgan fingerprint density at radius 3 is 2.89 bits per heavy atom. The fraction of sp³-hybridized carbons (Fsp3) is 0.263. The van der Waals surface area contributed by atoms with Crippen molar-refractivity contribution in [1.82, 2.24) is 10.2 Å². The molecule has 0 aliphatic heterocycles. The molecule has 3 rings (SSSR count). The zero-order chi connectivity index (χ0) is 19.4. The highest BCUT2D eigenvalue weighted by atomic mass is 127. The molecule has 0 radical (unpaired) electrons. The van der Waals surface area contributed by atoms with Crippen LogP contribution < -0.4 is 0 Å². The second kappa shape index (κ2) is 8.87. The number of benzene rings is 2. The number of ether oxygens (including phenoxy) is 1. The van der Waals surface area contributed by atoms with E-state index >= 15 is 0 Å². The van der Waals surface area contributed by atoms with E-state index in [0.29, 0.717) is 16.7 Å². The van der Waals surface area contributed by atoms with Crippen molar-refractivity contribution >= 4 is 39.3 Å². The van der Waals surface area contributed by atoms with Crippen molar-refractivity contribution in [3.8, 4) is 0 Å². The molecule has 142 valence electrons. The lowest BCUT2D eigenvalue weighted by molar-refractivity contribution is 0.00895. The summed E-state index contributed by atoms with van der Waals surface area (Å²) >= 11 is 2.04. The number of hydrogen-bond acceptors (Lipinski definition) is 5. The Bertz CT molecular complexity index is 960. The third-order valence-corrected chi connectivity index (χ3v) is 4.84. The maximum absolute atomic E-state index is 14.3. The van der Waals surface area contributed by atoms with Crippen molar-refractivity contribution in [1.29, 1.82) is 0 Å². The van der Waals surface area contributed by atoms with Crippen molar-refractivity contribution in [2.24, 2.45) is 0 Å². The van der Waals surface area contributed by atoms with Crippen molar-refractivity contribution in [2.45, 2.75) is 12.5 Å². The molecule has 0 fully saturated rings. The number of nitrogens with zero attached hydrogens (tertiary/aromatic N) is 1. The zero-order valence-corrected chi connectivity index (χ0v) is 16.4. The molecule has 3 aromatic rings. The van der Waals surface area contributed by atoms with Crippen molar-refractivity contribution < 1.29 is 24.1 Å². The summed E-state index contributed by atoms with van der Waals surface area (Å²) in [5.41, 5.74) is 2.32. The van der Waals surface area contributed by atoms with Gasteiger partial charge in [0.1, 0.15) is 18.5 Å². The van der Waals surface area contributed by atoms with Crippen LogP contribution in [0.3, 0.4) is 0 Å². The quantitative estimate of drug-likeness (QED) is 0.338. The zero-order valence-electron chi connectivity index (χ0n) is 14.3. The smallest absolute Gasteiger partial charge is 0.188 e. The van der Waals surface area contributed by atoms with Gasteiger partial charge in [-0.2, -0.15) is 5.10 Å². The predicted molar refractivity (Wildman–Crippen MR) is 106 cm³/mol. The van der Waals surface area contributed by atoms with Crippen LogP contribution in [0.4, 0.5) is 4.39 Å². The number of ketones is 1. The van der Waals surface area contributed by atoms with E-state index in [9.17, 15) is 14.3 Å². The number of halogens is 2. The van der Waals surface area contributed by atoms with Gasteiger partial charge in [-0.15, -0.1) is 0 Å². The van der Waals surface area contributed by atoms with Gasteiger partial charge in [-0.3, -0.25) is 9.89 Å². The minimum absolute atomic E-state index is 0.142. The van der Waals surface area contributed by atoms with Crippen LogP contribution in [0.2, 0.25) is 0 Å². The van der Waals surface area contributed by atoms with Gasteiger partial charge >= 0.3 is 0 Å². The number of hydrogen-bond donors (Lipinski definition) is 3. The van der Waals surface area contributed by atoms with E-state index in [2.05, 4.69) is 10.2 Å². The van der Waals surface area contributed by atoms with Crippen molar-refractivity contribution in [2.75, 3.05) is 19.8 Å². The number of nitrogens with one attached hydrogen (secondary N) is 1. The molecule has 0 spiro atoms. The van der Waals surface area contributed by atoms with Gasteiger partial charge in [0.15, 0.2) is 5.78 Å². The van der Waals surface area contributed by atoms with Crippen molar-refractivity contribution in [3.63, 3.8) is 0 Å². The molecule has 27 heavy (non-hydrogen) atoms. The Hall–Kier alpha value is -1.88. The number of fused-ring (bicyclic) bond motifs is 1. The highest BCUT2D eigenvalue weighted by molar-refractivity contribution is 14.1. The van der Waals surface area contributed by atoms with E-state index in [1.54, 1.807) is 24.4 Å². The first-order valence-corrected chi connectivity index (χ1v) is 9.36. The largest absolute Gasteiger partial charge is 0.394 e. The van der Waals surface area contributed by atoms with Crippen LogP contribution in [0.25, 0.3) is 10.9 Å². The fourth-order valence-corrected chi connectivity index (χ4v) is 3.25. The third kappa shape index (κ3) is 4.70. The number of aliphatic hydroxyl groups excluding tert-OH is 2. The Morgan fingerprint density at radius 1 is 1.33 bits per heavy atom. The monoisotopic (exact) mass is 484 g/mol. The number of aromatic nitrogens is 2. The fourth-order valence-electron chi connectivity index (χ4n) is 2.80. The van der Waals surface area contributed by atoms with Crippen LogP contribution in [0.15, 0.2) is 36.5 Å². The minimum atomic E-state index is -1.03. The number of aliphatic hydroxyl groups is 2. The van der Waals surface area contributed by atoms with Crippen LogP contribution in [0, 0.1) is 9.39 Å². The molecule has 2 aromatic carbocycles. The standard InChI is InChI=1S/C19H18FIN2O4/c20-17-6-12(21)2-1-11(17)5-15-14(3-4-18-16(15)7-22-23-18)19(26)10-27-9-13(25)8-24/h1-4,6-7,13,24-25H,5,8-10H2,(H,22,23)/t13-/m1/s1. The van der Waals surface area contributed by atoms with E-state index < -0.39 is 12.7 Å². The molecular weight excluding hydrogens is 466 g/mol. The Morgan fingerprint density at radius 2 is 2.15 bits per heavy atom. The molecule has 8 heteroatoms. The molecule has 1 aromatic heterocycles. The average molecular weight is 484 g/mol. The molecule has 6 nitrogen and oxygen atoms in total. The molecule has 0 aliphatic carbocycles. The van der Waals surface area contributed by atoms with Crippen LogP contribution in [0.5, 0.6) is 0 Å². The van der Waals surface area contributed by atoms with Gasteiger partial charge < -0.3 is 14.9 Å². The minimum Gasteiger partial charge on any atom is -0.394 e. The predicted octanol–water partition coefficient (Wildman–Crippen LogP) is 2.45. The van der Waals surface area contributed by atoms with Gasteiger partial charge in [-0.25, -0.2) is 4.39 Å². The number of H-pyrrole nitrogens is 1. The molecular formula is C19H18FIN2O4. The molecule has 0 saturated carbocycles. The Labute approximate surface area is 168 Å². The van der Waals surface area contributed by atoms with E-state index in [1.807, 2.05) is 28.7 Å². The SMILES string of the molecule is O=C(COC[C@H](O)CO)c1ccc2[nH]ncc2c1Cc1ccc(I)cc1F. The number of rotatable bonds is 8. The summed E-state index contributed by atoms with van der Waals surface area (Å²) in [6.45, 7) is -0.827. The first-order chi connectivity index (χ1) is 13.0. The molecule has 1 heterocycles. The summed E-state index contributed by atoms with van der Waals surface area (Å²) in [6.07, 6.45) is 0.817. The lowest BCUT2D eigenvalue weighted by Crippen LogP contribution is -2.22. The molecule has 0 aliphatic rings. The van der Waals surface area contributed by atoms with Crippen LogP contribution >= 0.6 is 22.6 Å². The summed E-state index contributed by atoms with van der Waals surface area (Å²) in [5.74, 6) is -0.618. The summed E-state index contributed by atoms with van der Waals surface area (Å²) < 4.78 is 20.3. The number of aromatic amines is 1. The summed E-state index contributed by atoms with van der Waals surface area (Å²) in [7, 11) is 0. The second-order valence-electron chi connectivity index (χ2n) is 6.11. The molecule has 0 unspecified atom stereocenters. The Kier molecular flexibility index (Phi) is 6.53. The highest BCUT2D eigenvalue weighted by Gasteiger charge is 2.18. The molecule has 0 amide bonds. The third-order valence-electron chi connectivity index (χ3n) is 4.17. The lowest BCUT2D eigenvalue weighted by Gasteiger charge is -2.12. The van der Waals surface area contributed by atoms with E-state index in [4.69, 9.17) is 9.84 Å². The maximum atomic E-state index is 14.3. The van der Waals surface area contributed by atoms with E-state index in [0.717, 1.165) is 14.5 Å². The van der Waals surface area contributed by atoms with Gasteiger partial charge in [-0.1, -0.05) is 6.07 Å². The number of carbonyl (C=O) groups is 1. The summed E-state index contributed by atoms with van der Waals surface area (Å²) in [6, 6.07) is 8.38. The maximum Gasteiger partial charge on any atom is 0.188 e. The highest BCUT2D eigenvalue weighted by Crippen LogP contribution is 2.26. The lowest BCUT2D eigenvalue weighted by atomic mass is 9.94. The Balaban J connectivity index is 1.91. The average Bonchev–Trinajstić information content (AvgIpc) is 3.12. The van der Waals surface area contributed by atoms with Gasteiger partial charge in [0.25, 0.3) is 0 Å².